The van der Waals surface area contributed by atoms with Crippen molar-refractivity contribution in [3.63, 3.8) is 0 Å². The maximum Gasteiger partial charge on any atom is 0.246 e. The van der Waals surface area contributed by atoms with Crippen molar-refractivity contribution in [2.24, 2.45) is 5.92 Å². The second-order valence-corrected chi connectivity index (χ2v) is 7.02. The molecule has 1 aliphatic heterocycles. The molecule has 1 fully saturated rings. The highest BCUT2D eigenvalue weighted by Gasteiger charge is 2.32. The van der Waals surface area contributed by atoms with E-state index in [0.717, 1.165) is 21.6 Å². The Balaban J connectivity index is 2.01. The van der Waals surface area contributed by atoms with Crippen molar-refractivity contribution in [2.45, 2.75) is 19.4 Å². The minimum Gasteiger partial charge on any atom is -0.394 e. The number of aliphatic hydroxyl groups is 1. The van der Waals surface area contributed by atoms with E-state index in [0.29, 0.717) is 5.92 Å². The van der Waals surface area contributed by atoms with E-state index in [1.54, 1.807) is 22.3 Å². The summed E-state index contributed by atoms with van der Waals surface area (Å²) in [7, 11) is 0. The third-order valence-corrected chi connectivity index (χ3v) is 4.93. The van der Waals surface area contributed by atoms with E-state index < -0.39 is 0 Å². The van der Waals surface area contributed by atoms with Gasteiger partial charge in [0.25, 0.3) is 0 Å². The second-order valence-electron chi connectivity index (χ2n) is 4.52. The van der Waals surface area contributed by atoms with Crippen LogP contribution in [0.15, 0.2) is 22.0 Å². The highest BCUT2D eigenvalue weighted by Crippen LogP contribution is 2.25. The average Bonchev–Trinajstić information content (AvgIpc) is 2.92. The molecule has 0 saturated carbocycles. The van der Waals surface area contributed by atoms with Crippen LogP contribution < -0.4 is 0 Å². The fourth-order valence-electron chi connectivity index (χ4n) is 2.23. The monoisotopic (exact) mass is 329 g/mol. The summed E-state index contributed by atoms with van der Waals surface area (Å²) in [6.07, 6.45) is 4.39. The zero-order chi connectivity index (χ0) is 13.1. The van der Waals surface area contributed by atoms with Gasteiger partial charge in [-0.1, -0.05) is 6.92 Å². The number of likely N-dealkylation sites (tertiary alicyclic amines) is 1. The zero-order valence-corrected chi connectivity index (χ0v) is 12.6. The van der Waals surface area contributed by atoms with E-state index in [2.05, 4.69) is 22.9 Å². The maximum absolute atomic E-state index is 12.1. The Hall–Kier alpha value is -0.650. The molecule has 0 aliphatic carbocycles. The fourth-order valence-corrected chi connectivity index (χ4v) is 3.55. The summed E-state index contributed by atoms with van der Waals surface area (Å²) in [5.74, 6) is 0.367. The first-order valence-corrected chi connectivity index (χ1v) is 7.57. The van der Waals surface area contributed by atoms with E-state index in [1.807, 2.05) is 18.2 Å². The average molecular weight is 330 g/mol. The number of halogens is 1. The molecule has 2 heterocycles. The molecule has 1 saturated heterocycles. The van der Waals surface area contributed by atoms with Crippen molar-refractivity contribution in [3.8, 4) is 0 Å². The molecule has 5 heteroatoms. The van der Waals surface area contributed by atoms with E-state index in [-0.39, 0.29) is 18.6 Å². The number of nitrogens with zero attached hydrogens (tertiary/aromatic N) is 1. The summed E-state index contributed by atoms with van der Waals surface area (Å²) >= 11 is 4.98. The van der Waals surface area contributed by atoms with Crippen molar-refractivity contribution in [2.75, 3.05) is 13.2 Å². The molecule has 0 radical (unpaired) electrons. The van der Waals surface area contributed by atoms with Crippen LogP contribution in [-0.4, -0.2) is 35.1 Å². The Labute approximate surface area is 119 Å². The smallest absolute Gasteiger partial charge is 0.246 e. The molecule has 98 valence electrons. The van der Waals surface area contributed by atoms with Gasteiger partial charge in [0.05, 0.1) is 16.4 Å². The first-order chi connectivity index (χ1) is 8.61. The Morgan fingerprint density at radius 1 is 1.67 bits per heavy atom. The van der Waals surface area contributed by atoms with Crippen molar-refractivity contribution >= 4 is 39.2 Å². The molecular weight excluding hydrogens is 314 g/mol. The summed E-state index contributed by atoms with van der Waals surface area (Å²) in [6, 6.07) is 3.90. The van der Waals surface area contributed by atoms with Crippen LogP contribution in [0.25, 0.3) is 6.08 Å². The SMILES string of the molecule is CC1CCN(C(=O)/C=C/c2ccc(Br)s2)C1CO. The minimum absolute atomic E-state index is 0.0112. The first-order valence-electron chi connectivity index (χ1n) is 5.96. The van der Waals surface area contributed by atoms with E-state index >= 15 is 0 Å². The molecule has 1 aromatic heterocycles. The highest BCUT2D eigenvalue weighted by molar-refractivity contribution is 9.11. The third-order valence-electron chi connectivity index (χ3n) is 3.34. The quantitative estimate of drug-likeness (QED) is 0.866. The second kappa shape index (κ2) is 5.99. The molecule has 1 aliphatic rings. The fraction of sp³-hybridized carbons (Fsp3) is 0.462. The molecule has 1 amide bonds. The van der Waals surface area contributed by atoms with Gasteiger partial charge in [-0.3, -0.25) is 4.79 Å². The van der Waals surface area contributed by atoms with Gasteiger partial charge in [0.1, 0.15) is 0 Å². The van der Waals surface area contributed by atoms with Crippen LogP contribution in [-0.2, 0) is 4.79 Å². The van der Waals surface area contributed by atoms with Gasteiger partial charge < -0.3 is 10.0 Å². The van der Waals surface area contributed by atoms with Crippen LogP contribution in [0.2, 0.25) is 0 Å². The van der Waals surface area contributed by atoms with Crippen LogP contribution in [0.4, 0.5) is 0 Å². The Kier molecular flexibility index (Phi) is 4.59. The van der Waals surface area contributed by atoms with Gasteiger partial charge in [0.2, 0.25) is 5.91 Å². The number of thiophene rings is 1. The summed E-state index contributed by atoms with van der Waals surface area (Å²) in [6.45, 7) is 2.86. The van der Waals surface area contributed by atoms with Crippen molar-refractivity contribution in [3.05, 3.63) is 26.9 Å². The lowest BCUT2D eigenvalue weighted by atomic mass is 10.0. The first kappa shape index (κ1) is 13.8. The van der Waals surface area contributed by atoms with E-state index in [1.165, 1.54) is 0 Å². The van der Waals surface area contributed by atoms with Crippen LogP contribution in [0.1, 0.15) is 18.2 Å². The number of hydrogen-bond acceptors (Lipinski definition) is 3. The Bertz CT molecular complexity index is 458. The normalized spacial score (nSPS) is 24.1. The van der Waals surface area contributed by atoms with Gasteiger partial charge in [0, 0.05) is 17.5 Å². The van der Waals surface area contributed by atoms with Gasteiger partial charge in [-0.2, -0.15) is 0 Å². The lowest BCUT2D eigenvalue weighted by Crippen LogP contribution is -2.38. The predicted molar refractivity (Wildman–Crippen MR) is 77.4 cm³/mol. The van der Waals surface area contributed by atoms with Gasteiger partial charge in [-0.05, 0) is 46.5 Å². The summed E-state index contributed by atoms with van der Waals surface area (Å²) in [5.41, 5.74) is 0. The lowest BCUT2D eigenvalue weighted by molar-refractivity contribution is -0.127. The molecule has 18 heavy (non-hydrogen) atoms. The van der Waals surface area contributed by atoms with E-state index in [4.69, 9.17) is 0 Å². The number of amides is 1. The number of aliphatic hydroxyl groups excluding tert-OH is 1. The number of hydrogen-bond donors (Lipinski definition) is 1. The van der Waals surface area contributed by atoms with Gasteiger partial charge >= 0.3 is 0 Å². The minimum atomic E-state index is -0.0304. The summed E-state index contributed by atoms with van der Waals surface area (Å²) in [4.78, 5) is 14.9. The van der Waals surface area contributed by atoms with Crippen LogP contribution >= 0.6 is 27.3 Å². The van der Waals surface area contributed by atoms with Crippen LogP contribution in [0.5, 0.6) is 0 Å². The van der Waals surface area contributed by atoms with Crippen molar-refractivity contribution < 1.29 is 9.90 Å². The summed E-state index contributed by atoms with van der Waals surface area (Å²) in [5, 5.41) is 9.32. The highest BCUT2D eigenvalue weighted by atomic mass is 79.9. The van der Waals surface area contributed by atoms with Gasteiger partial charge in [0.15, 0.2) is 0 Å². The molecule has 3 nitrogen and oxygen atoms in total. The van der Waals surface area contributed by atoms with E-state index in [9.17, 15) is 9.90 Å². The number of carbonyl (C=O) groups excluding carboxylic acids is 1. The lowest BCUT2D eigenvalue weighted by Gasteiger charge is -2.23. The zero-order valence-electron chi connectivity index (χ0n) is 10.2. The molecule has 0 spiro atoms. The molecule has 2 unspecified atom stereocenters. The molecule has 0 bridgehead atoms. The molecule has 0 aromatic carbocycles. The maximum atomic E-state index is 12.1. The van der Waals surface area contributed by atoms with Crippen LogP contribution in [0, 0.1) is 5.92 Å². The molecule has 1 aromatic rings. The Morgan fingerprint density at radius 3 is 3.06 bits per heavy atom. The van der Waals surface area contributed by atoms with Crippen molar-refractivity contribution in [1.82, 2.24) is 4.90 Å². The predicted octanol–water partition coefficient (Wildman–Crippen LogP) is 2.75. The number of carbonyl (C=O) groups is 1. The van der Waals surface area contributed by atoms with Gasteiger partial charge in [-0.25, -0.2) is 0 Å². The van der Waals surface area contributed by atoms with Crippen molar-refractivity contribution in [1.29, 1.82) is 0 Å². The molecular formula is C13H16BrNO2S. The number of rotatable bonds is 3. The largest absolute Gasteiger partial charge is 0.394 e. The molecule has 1 N–H and O–H groups in total. The van der Waals surface area contributed by atoms with Gasteiger partial charge in [-0.15, -0.1) is 11.3 Å². The topological polar surface area (TPSA) is 40.5 Å². The molecule has 2 atom stereocenters. The third kappa shape index (κ3) is 3.02. The van der Waals surface area contributed by atoms with Crippen LogP contribution in [0.3, 0.4) is 0 Å². The molecule has 2 rings (SSSR count). The Morgan fingerprint density at radius 2 is 2.44 bits per heavy atom. The standard InChI is InChI=1S/C13H16BrNO2S/c1-9-6-7-15(11(9)8-16)13(17)5-3-10-2-4-12(14)18-10/h2-5,9,11,16H,6-8H2,1H3/b5-3+. The summed E-state index contributed by atoms with van der Waals surface area (Å²) < 4.78 is 1.05.